The number of aromatic amines is 1. The molecule has 13 nitrogen and oxygen atoms in total. The summed E-state index contributed by atoms with van der Waals surface area (Å²) in [5, 5.41) is 19.7. The zero-order chi connectivity index (χ0) is 38.6. The number of esters is 1. The van der Waals surface area contributed by atoms with Gasteiger partial charge in [-0.3, -0.25) is 14.9 Å². The molecule has 280 valence electrons. The van der Waals surface area contributed by atoms with Gasteiger partial charge in [-0.05, 0) is 77.4 Å². The Morgan fingerprint density at radius 2 is 1.61 bits per heavy atom. The highest BCUT2D eigenvalue weighted by Gasteiger charge is 2.23. The summed E-state index contributed by atoms with van der Waals surface area (Å²) < 4.78 is 16.0. The number of H-pyrrole nitrogens is 1. The molecule has 13 heteroatoms. The van der Waals surface area contributed by atoms with Gasteiger partial charge in [0.25, 0.3) is 5.56 Å². The first-order valence-electron chi connectivity index (χ1n) is 17.4. The fourth-order valence-electron chi connectivity index (χ4n) is 5.98. The Bertz CT molecular complexity index is 2170. The number of ether oxygens (including phenoxy) is 3. The second-order valence-electron chi connectivity index (χ2n) is 12.7. The topological polar surface area (TPSA) is 185 Å². The third kappa shape index (κ3) is 10.5. The quantitative estimate of drug-likeness (QED) is 0.0538. The van der Waals surface area contributed by atoms with Crippen LogP contribution in [0.5, 0.6) is 0 Å². The van der Waals surface area contributed by atoms with Crippen molar-refractivity contribution in [3.05, 3.63) is 141 Å². The third-order valence-electron chi connectivity index (χ3n) is 8.67. The van der Waals surface area contributed by atoms with Gasteiger partial charge in [-0.1, -0.05) is 73.7 Å². The maximum Gasteiger partial charge on any atom is 0.411 e. The molecule has 0 aliphatic heterocycles. The van der Waals surface area contributed by atoms with E-state index in [1.807, 2.05) is 50.2 Å². The zero-order valence-electron chi connectivity index (χ0n) is 30.1. The number of aliphatic carboxylic acids is 1. The number of anilines is 2. The van der Waals surface area contributed by atoms with Crippen molar-refractivity contribution in [3.63, 3.8) is 0 Å². The van der Waals surface area contributed by atoms with Crippen LogP contribution in [0, 0.1) is 6.92 Å². The van der Waals surface area contributed by atoms with E-state index in [4.69, 9.17) is 14.2 Å². The monoisotopic (exact) mass is 734 g/mol. The molecule has 0 saturated carbocycles. The fraction of sp³-hybridized carbons (Fsp3) is 0.244. The Hall–Kier alpha value is -6.63. The van der Waals surface area contributed by atoms with Gasteiger partial charge in [-0.2, -0.15) is 0 Å². The number of carbonyl (C=O) groups excluding carboxylic acids is 3. The van der Waals surface area contributed by atoms with Crippen LogP contribution in [0.3, 0.4) is 0 Å². The summed E-state index contributed by atoms with van der Waals surface area (Å²) in [5.74, 6) is -1.84. The highest BCUT2D eigenvalue weighted by Crippen LogP contribution is 2.28. The number of carboxylic acids is 1. The normalized spacial score (nSPS) is 12.5. The lowest BCUT2D eigenvalue weighted by Crippen LogP contribution is -2.31. The van der Waals surface area contributed by atoms with Crippen LogP contribution >= 0.6 is 0 Å². The van der Waals surface area contributed by atoms with Crippen molar-refractivity contribution in [2.75, 3.05) is 23.8 Å². The molecule has 4 aromatic carbocycles. The molecular formula is C41H42N4O9. The lowest BCUT2D eigenvalue weighted by atomic mass is 9.93. The molecule has 0 aliphatic rings. The second kappa shape index (κ2) is 18.2. The average Bonchev–Trinajstić information content (AvgIpc) is 3.15. The van der Waals surface area contributed by atoms with Crippen LogP contribution < -0.4 is 21.5 Å². The number of hydrogen-bond donors (Lipinski definition) is 5. The number of nitrogens with one attached hydrogen (secondary N) is 4. The smallest absolute Gasteiger partial charge is 0.411 e. The molecule has 5 N–H and O–H groups in total. The van der Waals surface area contributed by atoms with Crippen LogP contribution in [0.4, 0.5) is 21.0 Å². The number of benzene rings is 4. The summed E-state index contributed by atoms with van der Waals surface area (Å²) in [6.45, 7) is 5.68. The summed E-state index contributed by atoms with van der Waals surface area (Å²) in [6, 6.07) is 26.1. The van der Waals surface area contributed by atoms with Crippen LogP contribution in [-0.2, 0) is 30.4 Å². The first kappa shape index (κ1) is 38.6. The molecule has 1 unspecified atom stereocenters. The van der Waals surface area contributed by atoms with E-state index in [1.165, 1.54) is 0 Å². The zero-order valence-corrected chi connectivity index (χ0v) is 30.1. The Balaban J connectivity index is 1.19. The number of carbonyl (C=O) groups is 4. The number of hydrogen-bond acceptors (Lipinski definition) is 9. The molecule has 1 heterocycles. The van der Waals surface area contributed by atoms with Crippen molar-refractivity contribution < 1.29 is 38.5 Å². The van der Waals surface area contributed by atoms with Crippen molar-refractivity contribution in [1.82, 2.24) is 10.3 Å². The summed E-state index contributed by atoms with van der Waals surface area (Å²) in [4.78, 5) is 65.2. The maximum absolute atomic E-state index is 12.9. The van der Waals surface area contributed by atoms with E-state index in [2.05, 4.69) is 20.9 Å². The second-order valence-corrected chi connectivity index (χ2v) is 12.7. The van der Waals surface area contributed by atoms with Crippen LogP contribution in [0.1, 0.15) is 66.1 Å². The predicted molar refractivity (Wildman–Crippen MR) is 203 cm³/mol. The van der Waals surface area contributed by atoms with E-state index in [1.54, 1.807) is 73.8 Å². The van der Waals surface area contributed by atoms with Crippen LogP contribution in [-0.4, -0.2) is 47.4 Å². The Morgan fingerprint density at radius 3 is 2.35 bits per heavy atom. The van der Waals surface area contributed by atoms with Gasteiger partial charge in [0.2, 0.25) is 0 Å². The van der Waals surface area contributed by atoms with Crippen molar-refractivity contribution in [3.8, 4) is 0 Å². The number of carboxylic acid groups (broad SMARTS) is 1. The minimum atomic E-state index is -1.09. The van der Waals surface area contributed by atoms with E-state index in [9.17, 15) is 29.1 Å². The minimum absolute atomic E-state index is 0.0260. The summed E-state index contributed by atoms with van der Waals surface area (Å²) in [7, 11) is 0. The first-order valence-corrected chi connectivity index (χ1v) is 17.4. The number of pyridine rings is 1. The largest absolute Gasteiger partial charge is 0.479 e. The van der Waals surface area contributed by atoms with Gasteiger partial charge in [-0.25, -0.2) is 14.4 Å². The van der Waals surface area contributed by atoms with E-state index in [0.717, 1.165) is 22.1 Å². The van der Waals surface area contributed by atoms with E-state index in [0.29, 0.717) is 27.9 Å². The van der Waals surface area contributed by atoms with Gasteiger partial charge in [0.15, 0.2) is 6.04 Å². The van der Waals surface area contributed by atoms with E-state index < -0.39 is 36.2 Å². The summed E-state index contributed by atoms with van der Waals surface area (Å²) >= 11 is 0. The lowest BCUT2D eigenvalue weighted by Gasteiger charge is -2.20. The lowest BCUT2D eigenvalue weighted by molar-refractivity contribution is -0.143. The van der Waals surface area contributed by atoms with Gasteiger partial charge in [0.05, 0.1) is 25.7 Å². The van der Waals surface area contributed by atoms with Crippen molar-refractivity contribution in [1.29, 1.82) is 0 Å². The molecule has 2 amide bonds. The molecule has 0 saturated heterocycles. The van der Waals surface area contributed by atoms with Gasteiger partial charge in [0, 0.05) is 28.9 Å². The van der Waals surface area contributed by atoms with Crippen LogP contribution in [0.15, 0.2) is 108 Å². The molecule has 54 heavy (non-hydrogen) atoms. The molecule has 3 atom stereocenters. The van der Waals surface area contributed by atoms with Crippen molar-refractivity contribution >= 4 is 46.3 Å². The van der Waals surface area contributed by atoms with Crippen LogP contribution in [0.25, 0.3) is 10.8 Å². The Morgan fingerprint density at radius 1 is 0.815 bits per heavy atom. The maximum atomic E-state index is 12.9. The minimum Gasteiger partial charge on any atom is -0.479 e. The summed E-state index contributed by atoms with van der Waals surface area (Å²) in [5.41, 5.74) is 4.11. The summed E-state index contributed by atoms with van der Waals surface area (Å²) in [6.07, 6.45) is -0.0393. The van der Waals surface area contributed by atoms with Gasteiger partial charge < -0.3 is 34.9 Å². The SMILES string of the molecule is CCOC(=O)C[C@@H](NC(=O)OCc1ccccc1)c1cccc(NC(=O)OC[C@H](C)c2ccc(C(Nc3ccc4cc[nH]c(=O)c4c3)C(=O)O)cc2C)c1. The number of amides is 2. The molecule has 1 aromatic heterocycles. The molecule has 0 bridgehead atoms. The van der Waals surface area contributed by atoms with Crippen molar-refractivity contribution in [2.45, 2.75) is 51.8 Å². The Kier molecular flexibility index (Phi) is 13.0. The highest BCUT2D eigenvalue weighted by atomic mass is 16.6. The van der Waals surface area contributed by atoms with E-state index in [-0.39, 0.29) is 37.7 Å². The molecule has 0 radical (unpaired) electrons. The van der Waals surface area contributed by atoms with Gasteiger partial charge in [0.1, 0.15) is 6.61 Å². The number of rotatable bonds is 15. The molecule has 0 spiro atoms. The van der Waals surface area contributed by atoms with Crippen molar-refractivity contribution in [2.24, 2.45) is 0 Å². The van der Waals surface area contributed by atoms with E-state index >= 15 is 0 Å². The fourth-order valence-corrected chi connectivity index (χ4v) is 5.98. The Labute approximate surface area is 311 Å². The third-order valence-corrected chi connectivity index (χ3v) is 8.67. The molecule has 5 aromatic rings. The molecule has 0 aliphatic carbocycles. The highest BCUT2D eigenvalue weighted by molar-refractivity contribution is 5.87. The molecular weight excluding hydrogens is 692 g/mol. The average molecular weight is 735 g/mol. The van der Waals surface area contributed by atoms with Gasteiger partial charge in [-0.15, -0.1) is 0 Å². The molecule has 0 fully saturated rings. The molecule has 5 rings (SSSR count). The first-order chi connectivity index (χ1) is 26.0. The number of aromatic nitrogens is 1. The standard InChI is InChI=1S/C41H42N4O9/c1-4-52-36(46)22-35(45-41(51)54-24-27-9-6-5-7-10-27)29-11-8-12-31(20-29)44-40(50)53-23-26(3)33-16-14-30(19-25(33)2)37(39(48)49)43-32-15-13-28-17-18-42-38(47)34(28)21-32/h5-21,26,35,37,43H,4,22-24H2,1-3H3,(H,42,47)(H,44,50)(H,45,51)(H,48,49)/t26-,35+,37?/m0/s1. The number of fused-ring (bicyclic) bond motifs is 1. The van der Waals surface area contributed by atoms with Gasteiger partial charge >= 0.3 is 24.1 Å². The predicted octanol–water partition coefficient (Wildman–Crippen LogP) is 7.35. The number of alkyl carbamates (subject to hydrolysis) is 1. The number of aryl methyl sites for hydroxylation is 1. The van der Waals surface area contributed by atoms with Crippen LogP contribution in [0.2, 0.25) is 0 Å².